The maximum Gasteiger partial charge on any atom is 0.326 e. The Labute approximate surface area is 131 Å². The van der Waals surface area contributed by atoms with Crippen molar-refractivity contribution in [1.29, 1.82) is 0 Å². The van der Waals surface area contributed by atoms with Gasteiger partial charge in [0.1, 0.15) is 0 Å². The molecular weight excluding hydrogens is 274 g/mol. The summed E-state index contributed by atoms with van der Waals surface area (Å²) in [5.74, 6) is 0. The fourth-order valence-electron chi connectivity index (χ4n) is 2.79. The minimum Gasteiger partial charge on any atom is -0.371 e. The number of likely N-dealkylation sites (N-methyl/N-ethyl adjacent to an activating group) is 1. The number of nitrogens with one attached hydrogen (secondary N) is 1. The number of nitrogens with zero attached hydrogens (tertiary/aromatic N) is 2. The van der Waals surface area contributed by atoms with E-state index in [0.29, 0.717) is 6.54 Å². The Morgan fingerprint density at radius 2 is 1.73 bits per heavy atom. The standard InChI is InChI=1S/C18H21N3O/c1-13-7-6-8-15(14(13)2)19-18(22)21-12-11-20(3)16-9-4-5-10-17(16)21/h4-10H,11-12H2,1-3H3,(H,19,22). The van der Waals surface area contributed by atoms with Gasteiger partial charge in [-0.2, -0.15) is 0 Å². The van der Waals surface area contributed by atoms with Crippen LogP contribution in [0, 0.1) is 13.8 Å². The molecule has 0 atom stereocenters. The first kappa shape index (κ1) is 14.4. The van der Waals surface area contributed by atoms with Gasteiger partial charge in [0.05, 0.1) is 11.4 Å². The third-order valence-corrected chi connectivity index (χ3v) is 4.33. The van der Waals surface area contributed by atoms with Crippen molar-refractivity contribution in [1.82, 2.24) is 0 Å². The molecule has 4 nitrogen and oxygen atoms in total. The molecule has 0 saturated heterocycles. The van der Waals surface area contributed by atoms with Gasteiger partial charge in [-0.3, -0.25) is 4.90 Å². The minimum atomic E-state index is -0.0748. The molecule has 0 fully saturated rings. The molecule has 0 bridgehead atoms. The van der Waals surface area contributed by atoms with Gasteiger partial charge in [0.25, 0.3) is 0 Å². The summed E-state index contributed by atoms with van der Waals surface area (Å²) in [6.07, 6.45) is 0. The number of fused-ring (bicyclic) bond motifs is 1. The molecule has 1 aliphatic rings. The molecule has 4 heteroatoms. The van der Waals surface area contributed by atoms with E-state index in [0.717, 1.165) is 29.2 Å². The number of anilines is 3. The fraction of sp³-hybridized carbons (Fsp3) is 0.278. The van der Waals surface area contributed by atoms with Gasteiger partial charge < -0.3 is 10.2 Å². The van der Waals surface area contributed by atoms with Crippen molar-refractivity contribution in [2.24, 2.45) is 0 Å². The normalized spacial score (nSPS) is 13.8. The largest absolute Gasteiger partial charge is 0.371 e. The van der Waals surface area contributed by atoms with Crippen LogP contribution in [0.3, 0.4) is 0 Å². The van der Waals surface area contributed by atoms with Crippen LogP contribution < -0.4 is 15.1 Å². The van der Waals surface area contributed by atoms with Crippen molar-refractivity contribution in [3.8, 4) is 0 Å². The molecular formula is C18H21N3O. The Morgan fingerprint density at radius 1 is 1.00 bits per heavy atom. The second-order valence-corrected chi connectivity index (χ2v) is 5.74. The zero-order chi connectivity index (χ0) is 15.7. The molecule has 22 heavy (non-hydrogen) atoms. The summed E-state index contributed by atoms with van der Waals surface area (Å²) in [5.41, 5.74) is 5.21. The van der Waals surface area contributed by atoms with Gasteiger partial charge in [0, 0.05) is 25.8 Å². The van der Waals surface area contributed by atoms with Crippen LogP contribution in [0.2, 0.25) is 0 Å². The Balaban J connectivity index is 1.87. The monoisotopic (exact) mass is 295 g/mol. The Hall–Kier alpha value is -2.49. The maximum atomic E-state index is 12.7. The average Bonchev–Trinajstić information content (AvgIpc) is 2.52. The number of carbonyl (C=O) groups is 1. The lowest BCUT2D eigenvalue weighted by Crippen LogP contribution is -2.44. The van der Waals surface area contributed by atoms with E-state index in [4.69, 9.17) is 0 Å². The van der Waals surface area contributed by atoms with Crippen LogP contribution in [-0.2, 0) is 0 Å². The first-order chi connectivity index (χ1) is 10.6. The summed E-state index contributed by atoms with van der Waals surface area (Å²) in [6.45, 7) is 5.60. The van der Waals surface area contributed by atoms with Gasteiger partial charge in [-0.05, 0) is 43.2 Å². The summed E-state index contributed by atoms with van der Waals surface area (Å²) in [4.78, 5) is 16.7. The van der Waals surface area contributed by atoms with Gasteiger partial charge in [-0.15, -0.1) is 0 Å². The number of rotatable bonds is 1. The molecule has 1 aliphatic heterocycles. The molecule has 3 rings (SSSR count). The van der Waals surface area contributed by atoms with Crippen molar-refractivity contribution in [2.45, 2.75) is 13.8 Å². The van der Waals surface area contributed by atoms with Crippen molar-refractivity contribution in [3.05, 3.63) is 53.6 Å². The average molecular weight is 295 g/mol. The maximum absolute atomic E-state index is 12.7. The van der Waals surface area contributed by atoms with Crippen LogP contribution in [0.4, 0.5) is 21.9 Å². The molecule has 2 amide bonds. The molecule has 114 valence electrons. The van der Waals surface area contributed by atoms with Crippen LogP contribution in [0.5, 0.6) is 0 Å². The Kier molecular flexibility index (Phi) is 3.75. The fourth-order valence-corrected chi connectivity index (χ4v) is 2.79. The topological polar surface area (TPSA) is 35.6 Å². The number of hydrogen-bond donors (Lipinski definition) is 1. The Morgan fingerprint density at radius 3 is 2.50 bits per heavy atom. The van der Waals surface area contributed by atoms with Gasteiger partial charge in [-0.1, -0.05) is 24.3 Å². The Bertz CT molecular complexity index is 711. The lowest BCUT2D eigenvalue weighted by atomic mass is 10.1. The highest BCUT2D eigenvalue weighted by Crippen LogP contribution is 2.32. The van der Waals surface area contributed by atoms with Crippen molar-refractivity contribution < 1.29 is 4.79 Å². The number of amides is 2. The van der Waals surface area contributed by atoms with Crippen LogP contribution >= 0.6 is 0 Å². The van der Waals surface area contributed by atoms with Gasteiger partial charge in [0.15, 0.2) is 0 Å². The quantitative estimate of drug-likeness (QED) is 0.868. The zero-order valence-electron chi connectivity index (χ0n) is 13.3. The molecule has 0 aliphatic carbocycles. The summed E-state index contributed by atoms with van der Waals surface area (Å²) >= 11 is 0. The minimum absolute atomic E-state index is 0.0748. The van der Waals surface area contributed by atoms with Crippen molar-refractivity contribution >= 4 is 23.1 Å². The van der Waals surface area contributed by atoms with E-state index in [1.807, 2.05) is 48.2 Å². The predicted octanol–water partition coefficient (Wildman–Crippen LogP) is 3.79. The molecule has 2 aromatic carbocycles. The van der Waals surface area contributed by atoms with E-state index >= 15 is 0 Å². The van der Waals surface area contributed by atoms with Crippen LogP contribution in [0.1, 0.15) is 11.1 Å². The second-order valence-electron chi connectivity index (χ2n) is 5.74. The molecule has 2 aromatic rings. The highest BCUT2D eigenvalue weighted by atomic mass is 16.2. The second kappa shape index (κ2) is 5.72. The van der Waals surface area contributed by atoms with E-state index in [1.165, 1.54) is 5.56 Å². The highest BCUT2D eigenvalue weighted by molar-refractivity contribution is 6.04. The smallest absolute Gasteiger partial charge is 0.326 e. The lowest BCUT2D eigenvalue weighted by molar-refractivity contribution is 0.257. The van der Waals surface area contributed by atoms with Gasteiger partial charge in [-0.25, -0.2) is 4.79 Å². The molecule has 0 unspecified atom stereocenters. The molecule has 1 N–H and O–H groups in total. The first-order valence-electron chi connectivity index (χ1n) is 7.53. The molecule has 0 spiro atoms. The van der Waals surface area contributed by atoms with Crippen LogP contribution in [0.25, 0.3) is 0 Å². The van der Waals surface area contributed by atoms with Gasteiger partial charge >= 0.3 is 6.03 Å². The summed E-state index contributed by atoms with van der Waals surface area (Å²) < 4.78 is 0. The van der Waals surface area contributed by atoms with Gasteiger partial charge in [0.2, 0.25) is 0 Å². The molecule has 0 saturated carbocycles. The van der Waals surface area contributed by atoms with E-state index in [9.17, 15) is 4.79 Å². The number of benzene rings is 2. The van der Waals surface area contributed by atoms with Crippen molar-refractivity contribution in [2.75, 3.05) is 35.3 Å². The van der Waals surface area contributed by atoms with Crippen molar-refractivity contribution in [3.63, 3.8) is 0 Å². The van der Waals surface area contributed by atoms with Crippen LogP contribution in [0.15, 0.2) is 42.5 Å². The molecule has 0 radical (unpaired) electrons. The third-order valence-electron chi connectivity index (χ3n) is 4.33. The van der Waals surface area contributed by atoms with Crippen LogP contribution in [-0.4, -0.2) is 26.2 Å². The number of aryl methyl sites for hydroxylation is 1. The predicted molar refractivity (Wildman–Crippen MR) is 92.0 cm³/mol. The summed E-state index contributed by atoms with van der Waals surface area (Å²) in [7, 11) is 2.05. The van der Waals surface area contributed by atoms with E-state index < -0.39 is 0 Å². The summed E-state index contributed by atoms with van der Waals surface area (Å²) in [6, 6.07) is 13.9. The summed E-state index contributed by atoms with van der Waals surface area (Å²) in [5, 5.41) is 3.04. The number of carbonyl (C=O) groups excluding carboxylic acids is 1. The molecule has 0 aromatic heterocycles. The first-order valence-corrected chi connectivity index (χ1v) is 7.53. The number of para-hydroxylation sites is 2. The number of urea groups is 1. The SMILES string of the molecule is Cc1cccc(NC(=O)N2CCN(C)c3ccccc32)c1C. The van der Waals surface area contributed by atoms with E-state index in [-0.39, 0.29) is 6.03 Å². The lowest BCUT2D eigenvalue weighted by Gasteiger charge is -2.35. The van der Waals surface area contributed by atoms with E-state index in [2.05, 4.69) is 30.3 Å². The zero-order valence-corrected chi connectivity index (χ0v) is 13.3. The van der Waals surface area contributed by atoms with E-state index in [1.54, 1.807) is 0 Å². The molecule has 1 heterocycles. The number of hydrogen-bond acceptors (Lipinski definition) is 2. The third kappa shape index (κ3) is 2.52. The highest BCUT2D eigenvalue weighted by Gasteiger charge is 2.25.